The summed E-state index contributed by atoms with van der Waals surface area (Å²) in [4.78, 5) is 43.0. The molecular weight excluding hydrogens is 298 g/mol. The van der Waals surface area contributed by atoms with Crippen LogP contribution in [0.1, 0.15) is 39.0 Å². The summed E-state index contributed by atoms with van der Waals surface area (Å²) in [5.74, 6) is -0.766. The van der Waals surface area contributed by atoms with Crippen molar-refractivity contribution >= 4 is 17.7 Å². The van der Waals surface area contributed by atoms with E-state index in [9.17, 15) is 14.4 Å². The molecule has 0 saturated carbocycles. The SMILES string of the molecule is COC(=O)c1c(CC(=O)N2CCN(C)CC2)[nH]c(C(C)=O)c1C. The Balaban J connectivity index is 2.24. The number of Topliss-reactive ketones (excluding diaryl/α,β-unsaturated/α-hetero) is 1. The second-order valence-corrected chi connectivity index (χ2v) is 5.89. The molecule has 2 heterocycles. The number of ketones is 1. The second-order valence-electron chi connectivity index (χ2n) is 5.89. The van der Waals surface area contributed by atoms with Crippen molar-refractivity contribution in [2.45, 2.75) is 20.3 Å². The van der Waals surface area contributed by atoms with E-state index in [-0.39, 0.29) is 18.1 Å². The lowest BCUT2D eigenvalue weighted by Crippen LogP contribution is -2.47. The normalized spacial score (nSPS) is 15.6. The zero-order chi connectivity index (χ0) is 17.1. The van der Waals surface area contributed by atoms with Crippen LogP contribution >= 0.6 is 0 Å². The van der Waals surface area contributed by atoms with Gasteiger partial charge in [0.15, 0.2) is 5.78 Å². The summed E-state index contributed by atoms with van der Waals surface area (Å²) in [7, 11) is 3.30. The summed E-state index contributed by atoms with van der Waals surface area (Å²) in [6.45, 7) is 6.11. The monoisotopic (exact) mass is 321 g/mol. The Labute approximate surface area is 135 Å². The van der Waals surface area contributed by atoms with Crippen molar-refractivity contribution < 1.29 is 19.1 Å². The van der Waals surface area contributed by atoms with E-state index in [4.69, 9.17) is 4.74 Å². The average Bonchev–Trinajstić information content (AvgIpc) is 2.83. The third-order valence-electron chi connectivity index (χ3n) is 4.25. The quantitative estimate of drug-likeness (QED) is 0.650. The third-order valence-corrected chi connectivity index (χ3v) is 4.25. The van der Waals surface area contributed by atoms with Gasteiger partial charge < -0.3 is 19.5 Å². The van der Waals surface area contributed by atoms with Crippen LogP contribution in [0.2, 0.25) is 0 Å². The maximum Gasteiger partial charge on any atom is 0.339 e. The molecule has 0 bridgehead atoms. The first kappa shape index (κ1) is 17.2. The minimum atomic E-state index is -0.535. The van der Waals surface area contributed by atoms with Gasteiger partial charge in [-0.25, -0.2) is 4.79 Å². The lowest BCUT2D eigenvalue weighted by molar-refractivity contribution is -0.132. The molecule has 1 fully saturated rings. The molecule has 1 aliphatic heterocycles. The molecule has 1 saturated heterocycles. The number of carbonyl (C=O) groups is 3. The molecule has 2 rings (SSSR count). The Hall–Kier alpha value is -2.15. The number of nitrogens with one attached hydrogen (secondary N) is 1. The first-order valence-corrected chi connectivity index (χ1v) is 7.62. The highest BCUT2D eigenvalue weighted by atomic mass is 16.5. The maximum absolute atomic E-state index is 12.5. The van der Waals surface area contributed by atoms with Crippen molar-refractivity contribution in [3.63, 3.8) is 0 Å². The molecule has 0 aromatic carbocycles. The third kappa shape index (κ3) is 3.61. The minimum Gasteiger partial charge on any atom is -0.465 e. The van der Waals surface area contributed by atoms with E-state index in [2.05, 4.69) is 9.88 Å². The summed E-state index contributed by atoms with van der Waals surface area (Å²) in [5.41, 5.74) is 1.63. The van der Waals surface area contributed by atoms with Crippen molar-refractivity contribution in [1.82, 2.24) is 14.8 Å². The number of methoxy groups -OCH3 is 1. The van der Waals surface area contributed by atoms with Gasteiger partial charge in [0.05, 0.1) is 24.8 Å². The Morgan fingerprint density at radius 3 is 2.30 bits per heavy atom. The molecule has 126 valence electrons. The van der Waals surface area contributed by atoms with Crippen LogP contribution in [-0.4, -0.2) is 72.8 Å². The zero-order valence-corrected chi connectivity index (χ0v) is 14.1. The molecule has 1 amide bonds. The molecule has 1 aromatic rings. The molecule has 0 unspecified atom stereocenters. The van der Waals surface area contributed by atoms with Crippen LogP contribution < -0.4 is 0 Å². The van der Waals surface area contributed by atoms with Crippen molar-refractivity contribution in [2.24, 2.45) is 0 Å². The van der Waals surface area contributed by atoms with Gasteiger partial charge in [-0.05, 0) is 19.5 Å². The van der Waals surface area contributed by atoms with Crippen molar-refractivity contribution in [1.29, 1.82) is 0 Å². The van der Waals surface area contributed by atoms with E-state index in [1.807, 2.05) is 7.05 Å². The average molecular weight is 321 g/mol. The summed E-state index contributed by atoms with van der Waals surface area (Å²) in [5, 5.41) is 0. The largest absolute Gasteiger partial charge is 0.465 e. The molecule has 1 N–H and O–H groups in total. The first-order valence-electron chi connectivity index (χ1n) is 7.62. The molecule has 0 atom stereocenters. The number of hydrogen-bond acceptors (Lipinski definition) is 5. The van der Waals surface area contributed by atoms with E-state index in [0.29, 0.717) is 35.6 Å². The Kier molecular flexibility index (Phi) is 5.20. The van der Waals surface area contributed by atoms with Crippen LogP contribution in [-0.2, 0) is 16.0 Å². The van der Waals surface area contributed by atoms with Gasteiger partial charge in [-0.1, -0.05) is 0 Å². The number of likely N-dealkylation sites (N-methyl/N-ethyl adjacent to an activating group) is 1. The van der Waals surface area contributed by atoms with E-state index in [0.717, 1.165) is 13.1 Å². The van der Waals surface area contributed by atoms with Crippen LogP contribution in [0.25, 0.3) is 0 Å². The molecule has 0 spiro atoms. The smallest absolute Gasteiger partial charge is 0.339 e. The fourth-order valence-electron chi connectivity index (χ4n) is 2.84. The number of aromatic amines is 1. The summed E-state index contributed by atoms with van der Waals surface area (Å²) < 4.78 is 4.79. The van der Waals surface area contributed by atoms with Crippen LogP contribution in [0, 0.1) is 6.92 Å². The lowest BCUT2D eigenvalue weighted by atomic mass is 10.1. The number of amides is 1. The van der Waals surface area contributed by atoms with Gasteiger partial charge in [0.25, 0.3) is 0 Å². The molecule has 0 radical (unpaired) electrons. The van der Waals surface area contributed by atoms with Crippen LogP contribution in [0.3, 0.4) is 0 Å². The minimum absolute atomic E-state index is 0.0559. The lowest BCUT2D eigenvalue weighted by Gasteiger charge is -2.32. The zero-order valence-electron chi connectivity index (χ0n) is 14.1. The predicted octanol–water partition coefficient (Wildman–Crippen LogP) is 0.629. The van der Waals surface area contributed by atoms with Crippen molar-refractivity contribution in [3.05, 3.63) is 22.5 Å². The van der Waals surface area contributed by atoms with Gasteiger partial charge in [-0.15, -0.1) is 0 Å². The highest BCUT2D eigenvalue weighted by Gasteiger charge is 2.26. The van der Waals surface area contributed by atoms with E-state index in [1.165, 1.54) is 14.0 Å². The van der Waals surface area contributed by atoms with Gasteiger partial charge in [0.1, 0.15) is 0 Å². The number of rotatable bonds is 4. The van der Waals surface area contributed by atoms with Crippen molar-refractivity contribution in [2.75, 3.05) is 40.3 Å². The fourth-order valence-corrected chi connectivity index (χ4v) is 2.84. The van der Waals surface area contributed by atoms with Crippen LogP contribution in [0.5, 0.6) is 0 Å². The summed E-state index contributed by atoms with van der Waals surface area (Å²) in [6.07, 6.45) is 0.0578. The number of aromatic nitrogens is 1. The number of esters is 1. The Bertz CT molecular complexity index is 628. The number of ether oxygens (including phenoxy) is 1. The van der Waals surface area contributed by atoms with E-state index in [1.54, 1.807) is 11.8 Å². The molecule has 0 aliphatic carbocycles. The number of carbonyl (C=O) groups excluding carboxylic acids is 3. The number of piperazine rings is 1. The molecule has 7 nitrogen and oxygen atoms in total. The van der Waals surface area contributed by atoms with Gasteiger partial charge >= 0.3 is 5.97 Å². The number of hydrogen-bond donors (Lipinski definition) is 1. The Morgan fingerprint density at radius 1 is 1.17 bits per heavy atom. The van der Waals surface area contributed by atoms with Crippen molar-refractivity contribution in [3.8, 4) is 0 Å². The van der Waals surface area contributed by atoms with Crippen LogP contribution in [0.15, 0.2) is 0 Å². The first-order chi connectivity index (χ1) is 10.8. The van der Waals surface area contributed by atoms with E-state index >= 15 is 0 Å². The van der Waals surface area contributed by atoms with E-state index < -0.39 is 5.97 Å². The number of H-pyrrole nitrogens is 1. The molecule has 1 aromatic heterocycles. The predicted molar refractivity (Wildman–Crippen MR) is 84.7 cm³/mol. The summed E-state index contributed by atoms with van der Waals surface area (Å²) >= 11 is 0. The standard InChI is InChI=1S/C16H23N3O4/c1-10-14(16(22)23-4)12(17-15(10)11(2)20)9-13(21)19-7-5-18(3)6-8-19/h17H,5-9H2,1-4H3. The molecule has 23 heavy (non-hydrogen) atoms. The highest BCUT2D eigenvalue weighted by Crippen LogP contribution is 2.21. The highest BCUT2D eigenvalue weighted by molar-refractivity contribution is 6.01. The summed E-state index contributed by atoms with van der Waals surface area (Å²) in [6, 6.07) is 0. The second kappa shape index (κ2) is 6.95. The van der Waals surface area contributed by atoms with Gasteiger partial charge in [-0.2, -0.15) is 0 Å². The molecule has 1 aliphatic rings. The molecular formula is C16H23N3O4. The number of nitrogens with zero attached hydrogens (tertiary/aromatic N) is 2. The maximum atomic E-state index is 12.5. The molecule has 7 heteroatoms. The van der Waals surface area contributed by atoms with Gasteiger partial charge in [-0.3, -0.25) is 9.59 Å². The fraction of sp³-hybridized carbons (Fsp3) is 0.562. The topological polar surface area (TPSA) is 82.7 Å². The van der Waals surface area contributed by atoms with Crippen LogP contribution in [0.4, 0.5) is 0 Å². The van der Waals surface area contributed by atoms with Gasteiger partial charge in [0.2, 0.25) is 5.91 Å². The van der Waals surface area contributed by atoms with Gasteiger partial charge in [0, 0.05) is 38.8 Å². The Morgan fingerprint density at radius 2 is 1.78 bits per heavy atom.